The van der Waals surface area contributed by atoms with E-state index < -0.39 is 0 Å². The lowest BCUT2D eigenvalue weighted by atomic mass is 10.2. The van der Waals surface area contributed by atoms with Gasteiger partial charge in [-0.15, -0.1) is 0 Å². The molecule has 6 nitrogen and oxygen atoms in total. The summed E-state index contributed by atoms with van der Waals surface area (Å²) in [7, 11) is 1.79. The minimum absolute atomic E-state index is 0.379. The van der Waals surface area contributed by atoms with Crippen molar-refractivity contribution in [2.75, 3.05) is 0 Å². The van der Waals surface area contributed by atoms with Crippen molar-refractivity contribution in [1.29, 1.82) is 0 Å². The van der Waals surface area contributed by atoms with Crippen LogP contribution in [0.25, 0.3) is 5.69 Å². The van der Waals surface area contributed by atoms with Gasteiger partial charge in [-0.05, 0) is 26.0 Å². The second kappa shape index (κ2) is 6.08. The second-order valence-electron chi connectivity index (χ2n) is 5.37. The third kappa shape index (κ3) is 3.01. The number of aromatic nitrogens is 4. The van der Waals surface area contributed by atoms with Crippen LogP contribution >= 0.6 is 0 Å². The highest BCUT2D eigenvalue weighted by atomic mass is 16.5. The van der Waals surface area contributed by atoms with Crippen molar-refractivity contribution < 1.29 is 9.53 Å². The first kappa shape index (κ1) is 15.0. The summed E-state index contributed by atoms with van der Waals surface area (Å²) >= 11 is 0. The van der Waals surface area contributed by atoms with Crippen LogP contribution in [-0.4, -0.2) is 25.5 Å². The zero-order valence-corrected chi connectivity index (χ0v) is 13.3. The summed E-state index contributed by atoms with van der Waals surface area (Å²) in [5, 5.41) is 8.38. The average Bonchev–Trinajstić information content (AvgIpc) is 3.16. The van der Waals surface area contributed by atoms with Gasteiger partial charge in [-0.2, -0.15) is 10.2 Å². The van der Waals surface area contributed by atoms with Gasteiger partial charge >= 0.3 is 5.97 Å². The molecule has 0 amide bonds. The largest absolute Gasteiger partial charge is 0.454 e. The van der Waals surface area contributed by atoms with Crippen molar-refractivity contribution in [3.63, 3.8) is 0 Å². The van der Waals surface area contributed by atoms with E-state index in [0.717, 1.165) is 16.9 Å². The average molecular weight is 310 g/mol. The molecule has 0 aliphatic carbocycles. The minimum Gasteiger partial charge on any atom is -0.454 e. The molecule has 0 aliphatic heterocycles. The van der Waals surface area contributed by atoms with E-state index in [1.165, 1.54) is 6.20 Å². The third-order valence-electron chi connectivity index (χ3n) is 3.83. The predicted octanol–water partition coefficient (Wildman–Crippen LogP) is 2.83. The molecule has 0 bridgehead atoms. The minimum atomic E-state index is -0.389. The summed E-state index contributed by atoms with van der Waals surface area (Å²) in [4.78, 5) is 12.2. The van der Waals surface area contributed by atoms with Crippen LogP contribution < -0.4 is 0 Å². The molecule has 0 saturated heterocycles. The molecule has 23 heavy (non-hydrogen) atoms. The van der Waals surface area contributed by atoms with Gasteiger partial charge in [-0.3, -0.25) is 4.68 Å². The molecule has 3 rings (SSSR count). The predicted molar refractivity (Wildman–Crippen MR) is 85.3 cm³/mol. The quantitative estimate of drug-likeness (QED) is 0.695. The van der Waals surface area contributed by atoms with Crippen molar-refractivity contribution in [1.82, 2.24) is 19.6 Å². The fraction of sp³-hybridized carbons (Fsp3) is 0.235. The third-order valence-corrected chi connectivity index (χ3v) is 3.83. The Bertz CT molecular complexity index is 820. The molecule has 0 aliphatic rings. The molecule has 1 atom stereocenters. The van der Waals surface area contributed by atoms with Gasteiger partial charge in [0.2, 0.25) is 0 Å². The van der Waals surface area contributed by atoms with Crippen molar-refractivity contribution in [2.24, 2.45) is 7.05 Å². The zero-order valence-electron chi connectivity index (χ0n) is 13.3. The van der Waals surface area contributed by atoms with Crippen LogP contribution in [0.4, 0.5) is 0 Å². The van der Waals surface area contributed by atoms with E-state index in [-0.39, 0.29) is 12.1 Å². The molecule has 1 unspecified atom stereocenters. The fourth-order valence-corrected chi connectivity index (χ4v) is 2.26. The Morgan fingerprint density at radius 2 is 1.91 bits per heavy atom. The maximum atomic E-state index is 12.2. The zero-order chi connectivity index (χ0) is 16.4. The van der Waals surface area contributed by atoms with Gasteiger partial charge in [-0.25, -0.2) is 9.48 Å². The number of hydrogen-bond donors (Lipinski definition) is 0. The van der Waals surface area contributed by atoms with E-state index in [1.54, 1.807) is 22.6 Å². The summed E-state index contributed by atoms with van der Waals surface area (Å²) in [6, 6.07) is 9.78. The van der Waals surface area contributed by atoms with Crippen LogP contribution in [0.2, 0.25) is 0 Å². The SMILES string of the molecule is Cc1c(C(=O)OC(C)c2cnn(-c3ccccc3)c2)cnn1C. The highest BCUT2D eigenvalue weighted by molar-refractivity contribution is 5.90. The molecule has 0 radical (unpaired) electrons. The summed E-state index contributed by atoms with van der Waals surface area (Å²) in [5.74, 6) is -0.379. The van der Waals surface area contributed by atoms with Crippen molar-refractivity contribution in [2.45, 2.75) is 20.0 Å². The lowest BCUT2D eigenvalue weighted by Gasteiger charge is -2.11. The Kier molecular flexibility index (Phi) is 3.97. The Labute approximate surface area is 134 Å². The van der Waals surface area contributed by atoms with Crippen molar-refractivity contribution in [3.8, 4) is 5.69 Å². The second-order valence-corrected chi connectivity index (χ2v) is 5.37. The van der Waals surface area contributed by atoms with Gasteiger partial charge in [0.05, 0.1) is 18.1 Å². The summed E-state index contributed by atoms with van der Waals surface area (Å²) in [5.41, 5.74) is 3.06. The van der Waals surface area contributed by atoms with E-state index in [2.05, 4.69) is 10.2 Å². The van der Waals surface area contributed by atoms with E-state index in [9.17, 15) is 4.79 Å². The maximum Gasteiger partial charge on any atom is 0.342 e. The van der Waals surface area contributed by atoms with Crippen LogP contribution in [-0.2, 0) is 11.8 Å². The van der Waals surface area contributed by atoms with Crippen molar-refractivity contribution >= 4 is 5.97 Å². The van der Waals surface area contributed by atoms with Crippen LogP contribution in [0.1, 0.15) is 34.6 Å². The van der Waals surface area contributed by atoms with Gasteiger partial charge < -0.3 is 4.74 Å². The van der Waals surface area contributed by atoms with Gasteiger partial charge in [0.25, 0.3) is 0 Å². The monoisotopic (exact) mass is 310 g/mol. The first-order valence-corrected chi connectivity index (χ1v) is 7.36. The number of aryl methyl sites for hydroxylation is 1. The number of carbonyl (C=O) groups is 1. The lowest BCUT2D eigenvalue weighted by Crippen LogP contribution is -2.10. The fourth-order valence-electron chi connectivity index (χ4n) is 2.26. The number of ether oxygens (including phenoxy) is 1. The molecular weight excluding hydrogens is 292 g/mol. The number of nitrogens with zero attached hydrogens (tertiary/aromatic N) is 4. The molecule has 0 fully saturated rings. The van der Waals surface area contributed by atoms with Crippen LogP contribution in [0.5, 0.6) is 0 Å². The van der Waals surface area contributed by atoms with Gasteiger partial charge in [0.15, 0.2) is 0 Å². The normalized spacial score (nSPS) is 12.1. The number of esters is 1. The molecule has 118 valence electrons. The molecule has 0 saturated carbocycles. The van der Waals surface area contributed by atoms with Crippen LogP contribution in [0, 0.1) is 6.92 Å². The van der Waals surface area contributed by atoms with Crippen LogP contribution in [0.15, 0.2) is 48.9 Å². The number of para-hydroxylation sites is 1. The molecular formula is C17H18N4O2. The highest BCUT2D eigenvalue weighted by Crippen LogP contribution is 2.20. The molecule has 0 N–H and O–H groups in total. The molecule has 0 spiro atoms. The topological polar surface area (TPSA) is 61.9 Å². The molecule has 1 aromatic carbocycles. The smallest absolute Gasteiger partial charge is 0.342 e. The standard InChI is InChI=1S/C17H18N4O2/c1-12-16(10-18-20(12)3)17(22)23-13(2)14-9-19-21(11-14)15-7-5-4-6-8-15/h4-11,13H,1-3H3. The number of benzene rings is 1. The summed E-state index contributed by atoms with van der Waals surface area (Å²) in [6.07, 6.45) is 4.71. The molecule has 6 heteroatoms. The maximum absolute atomic E-state index is 12.2. The van der Waals surface area contributed by atoms with Crippen molar-refractivity contribution in [3.05, 3.63) is 65.7 Å². The Hall–Kier alpha value is -2.89. The Morgan fingerprint density at radius 3 is 2.57 bits per heavy atom. The van der Waals surface area contributed by atoms with E-state index in [4.69, 9.17) is 4.74 Å². The summed E-state index contributed by atoms with van der Waals surface area (Å²) < 4.78 is 8.93. The Balaban J connectivity index is 1.74. The van der Waals surface area contributed by atoms with Crippen LogP contribution in [0.3, 0.4) is 0 Å². The van der Waals surface area contributed by atoms with E-state index in [1.807, 2.05) is 50.4 Å². The highest BCUT2D eigenvalue weighted by Gasteiger charge is 2.19. The Morgan fingerprint density at radius 1 is 1.17 bits per heavy atom. The number of hydrogen-bond acceptors (Lipinski definition) is 4. The first-order chi connectivity index (χ1) is 11.1. The van der Waals surface area contributed by atoms with Gasteiger partial charge in [-0.1, -0.05) is 18.2 Å². The molecule has 2 heterocycles. The molecule has 3 aromatic rings. The van der Waals surface area contributed by atoms with E-state index >= 15 is 0 Å². The summed E-state index contributed by atoms with van der Waals surface area (Å²) in [6.45, 7) is 3.66. The van der Waals surface area contributed by atoms with Gasteiger partial charge in [0, 0.05) is 24.5 Å². The number of carbonyl (C=O) groups excluding carboxylic acids is 1. The lowest BCUT2D eigenvalue weighted by molar-refractivity contribution is 0.0337. The van der Waals surface area contributed by atoms with E-state index in [0.29, 0.717) is 5.56 Å². The van der Waals surface area contributed by atoms with Gasteiger partial charge in [0.1, 0.15) is 11.7 Å². The molecule has 2 aromatic heterocycles. The number of rotatable bonds is 4. The first-order valence-electron chi connectivity index (χ1n) is 7.36.